The number of hydrogen-bond acceptors (Lipinski definition) is 3. The molecule has 0 fully saturated rings. The van der Waals surface area contributed by atoms with Gasteiger partial charge in [0.05, 0.1) is 5.56 Å². The molecule has 6 heteroatoms. The fourth-order valence-electron chi connectivity index (χ4n) is 1.06. The van der Waals surface area contributed by atoms with Gasteiger partial charge in [-0.2, -0.15) is 0 Å². The first kappa shape index (κ1) is 11.4. The molecule has 0 bridgehead atoms. The van der Waals surface area contributed by atoms with Crippen molar-refractivity contribution in [1.82, 2.24) is 0 Å². The van der Waals surface area contributed by atoms with Crippen LogP contribution >= 0.6 is 0 Å². The third-order valence-electron chi connectivity index (χ3n) is 1.84. The molecule has 0 saturated heterocycles. The summed E-state index contributed by atoms with van der Waals surface area (Å²) in [7, 11) is 0. The van der Waals surface area contributed by atoms with Crippen LogP contribution in [0.15, 0.2) is 18.2 Å². The van der Waals surface area contributed by atoms with Gasteiger partial charge in [0.25, 0.3) is 6.43 Å². The van der Waals surface area contributed by atoms with Crippen molar-refractivity contribution < 1.29 is 28.9 Å². The number of alkyl halides is 2. The predicted octanol–water partition coefficient (Wildman–Crippen LogP) is 1.45. The normalized spacial score (nSPS) is 12.8. The average molecular weight is 218 g/mol. The number of carboxylic acid groups (broad SMARTS) is 1. The van der Waals surface area contributed by atoms with Crippen LogP contribution in [0.5, 0.6) is 5.75 Å². The number of halogens is 2. The minimum Gasteiger partial charge on any atom is -0.507 e. The Hall–Kier alpha value is -1.69. The molecular weight excluding hydrogens is 210 g/mol. The fourth-order valence-corrected chi connectivity index (χ4v) is 1.06. The maximum absolute atomic E-state index is 12.3. The van der Waals surface area contributed by atoms with Crippen molar-refractivity contribution >= 4 is 5.97 Å². The van der Waals surface area contributed by atoms with E-state index >= 15 is 0 Å². The maximum atomic E-state index is 12.3. The number of aromatic hydroxyl groups is 1. The van der Waals surface area contributed by atoms with Crippen LogP contribution in [0.1, 0.15) is 23.7 Å². The molecule has 1 rings (SSSR count). The highest BCUT2D eigenvalue weighted by atomic mass is 19.3. The number of carboxylic acids is 1. The number of hydrogen-bond donors (Lipinski definition) is 3. The quantitative estimate of drug-likeness (QED) is 0.717. The molecule has 0 amide bonds. The molecule has 0 radical (unpaired) electrons. The van der Waals surface area contributed by atoms with Crippen molar-refractivity contribution in [3.8, 4) is 5.75 Å². The van der Waals surface area contributed by atoms with Crippen LogP contribution in [0, 0.1) is 0 Å². The molecule has 0 aliphatic rings. The Morgan fingerprint density at radius 1 is 1.33 bits per heavy atom. The zero-order valence-corrected chi connectivity index (χ0v) is 7.39. The molecule has 1 atom stereocenters. The number of phenolic OH excluding ortho intramolecular Hbond substituents is 1. The molecule has 1 aromatic carbocycles. The summed E-state index contributed by atoms with van der Waals surface area (Å²) in [5, 5.41) is 26.5. The lowest BCUT2D eigenvalue weighted by atomic mass is 10.1. The van der Waals surface area contributed by atoms with Gasteiger partial charge in [-0.1, -0.05) is 6.07 Å². The standard InChI is InChI=1S/C9H8F2O4/c10-8(11)5-3-4(1-2-6(5)12)7(13)9(14)15/h1-3,7-8,12-13H,(H,14,15). The van der Waals surface area contributed by atoms with Crippen molar-refractivity contribution in [3.05, 3.63) is 29.3 Å². The Labute approximate surface area is 83.4 Å². The Kier molecular flexibility index (Phi) is 3.21. The van der Waals surface area contributed by atoms with Crippen molar-refractivity contribution in [1.29, 1.82) is 0 Å². The highest BCUT2D eigenvalue weighted by Crippen LogP contribution is 2.30. The van der Waals surface area contributed by atoms with Crippen molar-refractivity contribution in [3.63, 3.8) is 0 Å². The molecule has 0 saturated carbocycles. The van der Waals surface area contributed by atoms with Crippen LogP contribution in [0.2, 0.25) is 0 Å². The summed E-state index contributed by atoms with van der Waals surface area (Å²) >= 11 is 0. The summed E-state index contributed by atoms with van der Waals surface area (Å²) in [5.74, 6) is -2.17. The van der Waals surface area contributed by atoms with Gasteiger partial charge in [-0.15, -0.1) is 0 Å². The zero-order valence-electron chi connectivity index (χ0n) is 7.39. The van der Waals surface area contributed by atoms with E-state index in [1.54, 1.807) is 0 Å². The van der Waals surface area contributed by atoms with E-state index in [-0.39, 0.29) is 5.56 Å². The van der Waals surface area contributed by atoms with Gasteiger partial charge in [0.2, 0.25) is 0 Å². The van der Waals surface area contributed by atoms with E-state index in [0.29, 0.717) is 0 Å². The first-order chi connectivity index (χ1) is 6.93. The molecule has 0 aliphatic carbocycles. The summed E-state index contributed by atoms with van der Waals surface area (Å²) in [4.78, 5) is 10.4. The summed E-state index contributed by atoms with van der Waals surface area (Å²) in [6.07, 6.45) is -4.80. The lowest BCUT2D eigenvalue weighted by Crippen LogP contribution is -2.10. The second kappa shape index (κ2) is 4.22. The number of aliphatic hydroxyl groups is 1. The van der Waals surface area contributed by atoms with Crippen LogP contribution in [0.3, 0.4) is 0 Å². The molecule has 0 aromatic heterocycles. The summed E-state index contributed by atoms with van der Waals surface area (Å²) in [6, 6.07) is 2.75. The number of carbonyl (C=O) groups is 1. The van der Waals surface area contributed by atoms with Gasteiger partial charge < -0.3 is 15.3 Å². The summed E-state index contributed by atoms with van der Waals surface area (Å²) in [6.45, 7) is 0. The van der Waals surface area contributed by atoms with E-state index in [4.69, 9.17) is 15.3 Å². The van der Waals surface area contributed by atoms with Gasteiger partial charge in [0.15, 0.2) is 6.10 Å². The Bertz CT molecular complexity index is 378. The third kappa shape index (κ3) is 2.41. The zero-order chi connectivity index (χ0) is 11.6. The smallest absolute Gasteiger partial charge is 0.337 e. The molecule has 1 unspecified atom stereocenters. The van der Waals surface area contributed by atoms with Gasteiger partial charge in [-0.25, -0.2) is 13.6 Å². The molecule has 0 spiro atoms. The van der Waals surface area contributed by atoms with Gasteiger partial charge in [-0.3, -0.25) is 0 Å². The van der Waals surface area contributed by atoms with Gasteiger partial charge >= 0.3 is 5.97 Å². The van der Waals surface area contributed by atoms with Crippen molar-refractivity contribution in [2.45, 2.75) is 12.5 Å². The van der Waals surface area contributed by atoms with E-state index < -0.39 is 29.8 Å². The lowest BCUT2D eigenvalue weighted by molar-refractivity contribution is -0.146. The molecule has 3 N–H and O–H groups in total. The van der Waals surface area contributed by atoms with Gasteiger partial charge in [0, 0.05) is 0 Å². The second-order valence-electron chi connectivity index (χ2n) is 2.86. The number of aliphatic hydroxyl groups excluding tert-OH is 1. The highest BCUT2D eigenvalue weighted by molar-refractivity contribution is 5.74. The SMILES string of the molecule is O=C(O)C(O)c1ccc(O)c(C(F)F)c1. The average Bonchev–Trinajstić information content (AvgIpc) is 2.16. The van der Waals surface area contributed by atoms with Crippen LogP contribution in [0.4, 0.5) is 8.78 Å². The molecule has 0 aliphatic heterocycles. The van der Waals surface area contributed by atoms with Gasteiger partial charge in [0.1, 0.15) is 5.75 Å². The monoisotopic (exact) mass is 218 g/mol. The number of phenols is 1. The Morgan fingerprint density at radius 2 is 1.93 bits per heavy atom. The van der Waals surface area contributed by atoms with E-state index in [1.165, 1.54) is 0 Å². The number of aliphatic carboxylic acids is 1. The minimum atomic E-state index is -2.93. The van der Waals surface area contributed by atoms with Crippen molar-refractivity contribution in [2.24, 2.45) is 0 Å². The first-order valence-electron chi connectivity index (χ1n) is 3.95. The second-order valence-corrected chi connectivity index (χ2v) is 2.86. The molecule has 82 valence electrons. The molecular formula is C9H8F2O4. The Morgan fingerprint density at radius 3 is 2.40 bits per heavy atom. The summed E-state index contributed by atoms with van der Waals surface area (Å²) in [5.41, 5.74) is -0.900. The number of rotatable bonds is 3. The predicted molar refractivity (Wildman–Crippen MR) is 45.7 cm³/mol. The molecule has 15 heavy (non-hydrogen) atoms. The largest absolute Gasteiger partial charge is 0.507 e. The van der Waals surface area contributed by atoms with Crippen LogP contribution < -0.4 is 0 Å². The highest BCUT2D eigenvalue weighted by Gasteiger charge is 2.20. The van der Waals surface area contributed by atoms with Crippen LogP contribution in [-0.4, -0.2) is 21.3 Å². The summed E-state index contributed by atoms with van der Waals surface area (Å²) < 4.78 is 24.6. The van der Waals surface area contributed by atoms with E-state index in [9.17, 15) is 13.6 Å². The van der Waals surface area contributed by atoms with E-state index in [1.807, 2.05) is 0 Å². The van der Waals surface area contributed by atoms with Crippen molar-refractivity contribution in [2.75, 3.05) is 0 Å². The Balaban J connectivity index is 3.13. The topological polar surface area (TPSA) is 77.8 Å². The number of benzene rings is 1. The fraction of sp³-hybridized carbons (Fsp3) is 0.222. The molecule has 1 aromatic rings. The van der Waals surface area contributed by atoms with E-state index in [2.05, 4.69) is 0 Å². The molecule has 0 heterocycles. The molecule has 4 nitrogen and oxygen atoms in total. The van der Waals surface area contributed by atoms with E-state index in [0.717, 1.165) is 18.2 Å². The minimum absolute atomic E-state index is 0.199. The van der Waals surface area contributed by atoms with Crippen LogP contribution in [0.25, 0.3) is 0 Å². The lowest BCUT2D eigenvalue weighted by Gasteiger charge is -2.09. The van der Waals surface area contributed by atoms with Crippen LogP contribution in [-0.2, 0) is 4.79 Å². The maximum Gasteiger partial charge on any atom is 0.337 e. The third-order valence-corrected chi connectivity index (χ3v) is 1.84. The first-order valence-corrected chi connectivity index (χ1v) is 3.95. The van der Waals surface area contributed by atoms with Gasteiger partial charge in [-0.05, 0) is 17.7 Å².